The summed E-state index contributed by atoms with van der Waals surface area (Å²) < 4.78 is 1.02. The molecular weight excluding hydrogens is 304 g/mol. The van der Waals surface area contributed by atoms with E-state index in [2.05, 4.69) is 21.2 Å². The Hall–Kier alpha value is -0.870. The van der Waals surface area contributed by atoms with Crippen molar-refractivity contribution in [2.45, 2.75) is 25.7 Å². The Morgan fingerprint density at radius 1 is 1.32 bits per heavy atom. The highest BCUT2D eigenvalue weighted by Gasteiger charge is 2.33. The van der Waals surface area contributed by atoms with E-state index in [1.54, 1.807) is 0 Å². The van der Waals surface area contributed by atoms with Gasteiger partial charge in [0.15, 0.2) is 0 Å². The van der Waals surface area contributed by atoms with Crippen LogP contribution in [0.25, 0.3) is 0 Å². The minimum absolute atomic E-state index is 0.217. The van der Waals surface area contributed by atoms with Crippen molar-refractivity contribution in [3.8, 4) is 0 Å². The first-order chi connectivity index (χ1) is 9.01. The smallest absolute Gasteiger partial charge is 0.232 e. The molecule has 3 nitrogen and oxygen atoms in total. The molecular formula is C15H21BrN2O. The zero-order valence-corrected chi connectivity index (χ0v) is 13.2. The topological polar surface area (TPSA) is 32.3 Å². The van der Waals surface area contributed by atoms with Crippen molar-refractivity contribution in [1.82, 2.24) is 10.2 Å². The highest BCUT2D eigenvalue weighted by Crippen LogP contribution is 2.28. The summed E-state index contributed by atoms with van der Waals surface area (Å²) in [5.41, 5.74) is 0.581. The number of carbonyl (C=O) groups is 1. The Morgan fingerprint density at radius 3 is 2.84 bits per heavy atom. The summed E-state index contributed by atoms with van der Waals surface area (Å²) in [5, 5.41) is 3.33. The molecule has 2 rings (SSSR count). The summed E-state index contributed by atoms with van der Waals surface area (Å²) in [6.07, 6.45) is 1.03. The van der Waals surface area contributed by atoms with Gasteiger partial charge in [0.2, 0.25) is 5.91 Å². The number of rotatable bonds is 2. The first-order valence-corrected chi connectivity index (χ1v) is 7.57. The molecule has 0 aliphatic carbocycles. The summed E-state index contributed by atoms with van der Waals surface area (Å²) in [4.78, 5) is 14.8. The predicted octanol–water partition coefficient (Wildman–Crippen LogP) is 2.55. The standard InChI is InChI=1S/C15H21BrN2O/c1-15(2,12-5-3-6-13(16)11-12)14(19)18-9-4-7-17-8-10-18/h3,5-6,11,17H,4,7-10H2,1-2H3. The van der Waals surface area contributed by atoms with Crippen LogP contribution in [0.4, 0.5) is 0 Å². The van der Waals surface area contributed by atoms with Crippen LogP contribution in [-0.2, 0) is 10.2 Å². The molecule has 0 radical (unpaired) electrons. The lowest BCUT2D eigenvalue weighted by Crippen LogP contribution is -2.44. The van der Waals surface area contributed by atoms with Gasteiger partial charge in [-0.2, -0.15) is 0 Å². The maximum Gasteiger partial charge on any atom is 0.232 e. The Labute approximate surface area is 123 Å². The van der Waals surface area contributed by atoms with Crippen LogP contribution in [-0.4, -0.2) is 37.0 Å². The van der Waals surface area contributed by atoms with E-state index in [0.29, 0.717) is 0 Å². The van der Waals surface area contributed by atoms with Gasteiger partial charge < -0.3 is 10.2 Å². The van der Waals surface area contributed by atoms with Crippen molar-refractivity contribution < 1.29 is 4.79 Å². The maximum absolute atomic E-state index is 12.8. The van der Waals surface area contributed by atoms with Crippen LogP contribution in [0.1, 0.15) is 25.8 Å². The number of nitrogens with zero attached hydrogens (tertiary/aromatic N) is 1. The van der Waals surface area contributed by atoms with Crippen LogP contribution in [0.2, 0.25) is 0 Å². The van der Waals surface area contributed by atoms with E-state index in [-0.39, 0.29) is 5.91 Å². The molecule has 0 aromatic heterocycles. The van der Waals surface area contributed by atoms with Gasteiger partial charge in [-0.3, -0.25) is 4.79 Å². The molecule has 0 spiro atoms. The minimum Gasteiger partial charge on any atom is -0.341 e. The van der Waals surface area contributed by atoms with E-state index in [4.69, 9.17) is 0 Å². The van der Waals surface area contributed by atoms with Gasteiger partial charge in [-0.05, 0) is 44.5 Å². The fraction of sp³-hybridized carbons (Fsp3) is 0.533. The number of carbonyl (C=O) groups excluding carboxylic acids is 1. The fourth-order valence-electron chi connectivity index (χ4n) is 2.44. The molecule has 1 amide bonds. The molecule has 1 aliphatic rings. The molecule has 1 N–H and O–H groups in total. The molecule has 0 bridgehead atoms. The molecule has 0 saturated carbocycles. The minimum atomic E-state index is -0.478. The molecule has 1 fully saturated rings. The van der Waals surface area contributed by atoms with Crippen LogP contribution in [0.3, 0.4) is 0 Å². The quantitative estimate of drug-likeness (QED) is 0.906. The van der Waals surface area contributed by atoms with E-state index in [0.717, 1.165) is 42.6 Å². The maximum atomic E-state index is 12.8. The van der Waals surface area contributed by atoms with E-state index < -0.39 is 5.41 Å². The molecule has 0 atom stereocenters. The first kappa shape index (κ1) is 14.5. The van der Waals surface area contributed by atoms with Gasteiger partial charge in [0, 0.05) is 24.1 Å². The fourth-order valence-corrected chi connectivity index (χ4v) is 2.84. The lowest BCUT2D eigenvalue weighted by Gasteiger charge is -2.31. The van der Waals surface area contributed by atoms with Crippen LogP contribution in [0, 0.1) is 0 Å². The summed E-state index contributed by atoms with van der Waals surface area (Å²) in [5.74, 6) is 0.217. The van der Waals surface area contributed by atoms with E-state index >= 15 is 0 Å². The monoisotopic (exact) mass is 324 g/mol. The van der Waals surface area contributed by atoms with Gasteiger partial charge in [0.25, 0.3) is 0 Å². The Morgan fingerprint density at radius 2 is 2.11 bits per heavy atom. The normalized spacial score (nSPS) is 17.1. The van der Waals surface area contributed by atoms with Crippen molar-refractivity contribution >= 4 is 21.8 Å². The third-order valence-corrected chi connectivity index (χ3v) is 4.20. The molecule has 19 heavy (non-hydrogen) atoms. The van der Waals surface area contributed by atoms with Crippen LogP contribution in [0.15, 0.2) is 28.7 Å². The number of hydrogen-bond acceptors (Lipinski definition) is 2. The Bertz CT molecular complexity index is 451. The number of halogens is 1. The van der Waals surface area contributed by atoms with Gasteiger partial charge in [0.1, 0.15) is 0 Å². The lowest BCUT2D eigenvalue weighted by molar-refractivity contribution is -0.136. The molecule has 1 aromatic carbocycles. The van der Waals surface area contributed by atoms with Crippen molar-refractivity contribution in [3.63, 3.8) is 0 Å². The van der Waals surface area contributed by atoms with Gasteiger partial charge in [-0.15, -0.1) is 0 Å². The molecule has 4 heteroatoms. The number of nitrogens with one attached hydrogen (secondary N) is 1. The second-order valence-corrected chi connectivity index (χ2v) is 6.45. The van der Waals surface area contributed by atoms with Crippen LogP contribution >= 0.6 is 15.9 Å². The number of benzene rings is 1. The average molecular weight is 325 g/mol. The third kappa shape index (κ3) is 3.37. The largest absolute Gasteiger partial charge is 0.341 e. The van der Waals surface area contributed by atoms with Gasteiger partial charge in [-0.25, -0.2) is 0 Å². The van der Waals surface area contributed by atoms with Crippen molar-refractivity contribution in [2.75, 3.05) is 26.2 Å². The number of hydrogen-bond donors (Lipinski definition) is 1. The zero-order valence-electron chi connectivity index (χ0n) is 11.6. The van der Waals surface area contributed by atoms with Gasteiger partial charge >= 0.3 is 0 Å². The highest BCUT2D eigenvalue weighted by atomic mass is 79.9. The molecule has 1 aromatic rings. The molecule has 104 valence electrons. The second-order valence-electron chi connectivity index (χ2n) is 5.53. The SMILES string of the molecule is CC(C)(C(=O)N1CCCNCC1)c1cccc(Br)c1. The molecule has 1 aliphatic heterocycles. The first-order valence-electron chi connectivity index (χ1n) is 6.78. The second kappa shape index (κ2) is 6.06. The molecule has 1 heterocycles. The molecule has 0 unspecified atom stereocenters. The zero-order chi connectivity index (χ0) is 13.9. The average Bonchev–Trinajstić information content (AvgIpc) is 2.66. The van der Waals surface area contributed by atoms with Gasteiger partial charge in [-0.1, -0.05) is 28.1 Å². The van der Waals surface area contributed by atoms with Crippen molar-refractivity contribution in [1.29, 1.82) is 0 Å². The van der Waals surface area contributed by atoms with Crippen molar-refractivity contribution in [2.24, 2.45) is 0 Å². The molecule has 1 saturated heterocycles. The number of amides is 1. The van der Waals surface area contributed by atoms with Crippen LogP contribution < -0.4 is 5.32 Å². The Kier molecular flexibility index (Phi) is 4.63. The summed E-state index contributed by atoms with van der Waals surface area (Å²) in [6.45, 7) is 7.56. The van der Waals surface area contributed by atoms with E-state index in [1.165, 1.54) is 0 Å². The summed E-state index contributed by atoms with van der Waals surface area (Å²) >= 11 is 3.48. The highest BCUT2D eigenvalue weighted by molar-refractivity contribution is 9.10. The van der Waals surface area contributed by atoms with Crippen molar-refractivity contribution in [3.05, 3.63) is 34.3 Å². The summed E-state index contributed by atoms with van der Waals surface area (Å²) in [7, 11) is 0. The predicted molar refractivity (Wildman–Crippen MR) is 81.2 cm³/mol. The lowest BCUT2D eigenvalue weighted by atomic mass is 9.83. The summed E-state index contributed by atoms with van der Waals surface area (Å²) in [6, 6.07) is 8.03. The van der Waals surface area contributed by atoms with Gasteiger partial charge in [0.05, 0.1) is 5.41 Å². The van der Waals surface area contributed by atoms with E-state index in [9.17, 15) is 4.79 Å². The third-order valence-electron chi connectivity index (χ3n) is 3.71. The van der Waals surface area contributed by atoms with Crippen LogP contribution in [0.5, 0.6) is 0 Å². The van der Waals surface area contributed by atoms with E-state index in [1.807, 2.05) is 43.0 Å². The Balaban J connectivity index is 2.20.